The molecule has 0 saturated carbocycles. The summed E-state index contributed by atoms with van der Waals surface area (Å²) in [5.41, 5.74) is 7.86. The van der Waals surface area contributed by atoms with Gasteiger partial charge < -0.3 is 20.3 Å². The van der Waals surface area contributed by atoms with Crippen LogP contribution in [0.2, 0.25) is 0 Å². The molecule has 4 rings (SSSR count). The number of benzene rings is 1. The third-order valence-electron chi connectivity index (χ3n) is 7.68. The van der Waals surface area contributed by atoms with Gasteiger partial charge in [-0.2, -0.15) is 0 Å². The summed E-state index contributed by atoms with van der Waals surface area (Å²) in [6, 6.07) is 5.17. The van der Waals surface area contributed by atoms with Crippen molar-refractivity contribution in [2.24, 2.45) is 17.6 Å². The molecule has 8 heteroatoms. The summed E-state index contributed by atoms with van der Waals surface area (Å²) in [4.78, 5) is 45.6. The Kier molecular flexibility index (Phi) is 7.81. The van der Waals surface area contributed by atoms with Crippen molar-refractivity contribution in [3.05, 3.63) is 29.3 Å². The number of anilines is 1. The van der Waals surface area contributed by atoms with Gasteiger partial charge in [-0.1, -0.05) is 27.7 Å². The van der Waals surface area contributed by atoms with Crippen LogP contribution in [-0.2, 0) is 14.3 Å². The van der Waals surface area contributed by atoms with Crippen LogP contribution in [0, 0.1) is 11.8 Å². The molecule has 2 N–H and O–H groups in total. The Morgan fingerprint density at radius 3 is 2.51 bits per heavy atom. The summed E-state index contributed by atoms with van der Waals surface area (Å²) in [7, 11) is 0. The van der Waals surface area contributed by atoms with Gasteiger partial charge in [-0.3, -0.25) is 19.3 Å². The molecular formula is C27H40N4O4. The molecule has 1 aromatic carbocycles. The number of fused-ring (bicyclic) bond motifs is 1. The average Bonchev–Trinajstić information content (AvgIpc) is 3.37. The van der Waals surface area contributed by atoms with Gasteiger partial charge in [0.15, 0.2) is 5.78 Å². The first-order valence-corrected chi connectivity index (χ1v) is 13.1. The topological polar surface area (TPSA) is 96.2 Å². The van der Waals surface area contributed by atoms with E-state index < -0.39 is 17.9 Å². The van der Waals surface area contributed by atoms with Gasteiger partial charge in [0.25, 0.3) is 0 Å². The molecule has 0 aliphatic carbocycles. The second kappa shape index (κ2) is 10.7. The number of Topliss-reactive ketones (excluding diaryl/α,β-unsaturated/α-hetero) is 1. The highest BCUT2D eigenvalue weighted by atomic mass is 16.5. The SMILES string of the molecule is CCCN1CCN(c2ccc(C(N)=O)c([C@H](CC(C)C)C(=O)N3C[C@@H](C)[C@H]4OCC(=O)[C@H]43)c2)CC1. The van der Waals surface area contributed by atoms with Crippen LogP contribution in [0.1, 0.15) is 62.4 Å². The molecule has 0 aromatic heterocycles. The van der Waals surface area contributed by atoms with Crippen LogP contribution in [0.5, 0.6) is 0 Å². The fourth-order valence-electron chi connectivity index (χ4n) is 5.96. The molecule has 0 bridgehead atoms. The summed E-state index contributed by atoms with van der Waals surface area (Å²) < 4.78 is 5.71. The van der Waals surface area contributed by atoms with E-state index in [0.29, 0.717) is 24.1 Å². The van der Waals surface area contributed by atoms with Gasteiger partial charge in [0.2, 0.25) is 11.8 Å². The molecule has 3 aliphatic rings. The van der Waals surface area contributed by atoms with Gasteiger partial charge in [-0.05, 0) is 49.1 Å². The van der Waals surface area contributed by atoms with E-state index in [9.17, 15) is 14.4 Å². The summed E-state index contributed by atoms with van der Waals surface area (Å²) in [6.07, 6.45) is 1.47. The third-order valence-corrected chi connectivity index (χ3v) is 7.68. The van der Waals surface area contributed by atoms with Crippen LogP contribution in [0.3, 0.4) is 0 Å². The van der Waals surface area contributed by atoms with E-state index in [2.05, 4.69) is 30.6 Å². The molecule has 3 aliphatic heterocycles. The summed E-state index contributed by atoms with van der Waals surface area (Å²) in [5.74, 6) is -0.908. The highest BCUT2D eigenvalue weighted by Crippen LogP contribution is 2.37. The monoisotopic (exact) mass is 484 g/mol. The number of carbonyl (C=O) groups is 3. The minimum Gasteiger partial charge on any atom is -0.369 e. The zero-order valence-corrected chi connectivity index (χ0v) is 21.5. The summed E-state index contributed by atoms with van der Waals surface area (Å²) >= 11 is 0. The lowest BCUT2D eigenvalue weighted by Crippen LogP contribution is -2.46. The Bertz CT molecular complexity index is 956. The molecule has 0 spiro atoms. The molecule has 1 aromatic rings. The molecule has 2 amide bonds. The fourth-order valence-corrected chi connectivity index (χ4v) is 5.96. The molecule has 4 atom stereocenters. The number of nitrogens with two attached hydrogens (primary N) is 1. The van der Waals surface area contributed by atoms with Gasteiger partial charge >= 0.3 is 0 Å². The number of likely N-dealkylation sites (tertiary alicyclic amines) is 1. The Hall–Kier alpha value is -2.45. The highest BCUT2D eigenvalue weighted by Gasteiger charge is 2.51. The number of amides is 2. The largest absolute Gasteiger partial charge is 0.369 e. The van der Waals surface area contributed by atoms with Crippen molar-refractivity contribution in [2.75, 3.05) is 50.8 Å². The number of carbonyl (C=O) groups excluding carboxylic acids is 3. The van der Waals surface area contributed by atoms with Crippen LogP contribution in [-0.4, -0.2) is 85.4 Å². The number of hydrogen-bond acceptors (Lipinski definition) is 6. The normalized spacial score (nSPS) is 25.9. The number of ether oxygens (including phenoxy) is 1. The lowest BCUT2D eigenvalue weighted by atomic mass is 9.85. The number of hydrogen-bond donors (Lipinski definition) is 1. The van der Waals surface area contributed by atoms with Crippen LogP contribution in [0.4, 0.5) is 5.69 Å². The Balaban J connectivity index is 1.66. The molecule has 3 saturated heterocycles. The maximum atomic E-state index is 14.0. The average molecular weight is 485 g/mol. The molecular weight excluding hydrogens is 444 g/mol. The second-order valence-electron chi connectivity index (χ2n) is 10.8. The van der Waals surface area contributed by atoms with Crippen LogP contribution in [0.25, 0.3) is 0 Å². The minimum absolute atomic E-state index is 0.0372. The van der Waals surface area contributed by atoms with Crippen LogP contribution >= 0.6 is 0 Å². The quantitative estimate of drug-likeness (QED) is 0.608. The first-order chi connectivity index (χ1) is 16.7. The Labute approximate surface area is 208 Å². The van der Waals surface area contributed by atoms with Crippen LogP contribution in [0.15, 0.2) is 18.2 Å². The van der Waals surface area contributed by atoms with Crippen LogP contribution < -0.4 is 10.6 Å². The van der Waals surface area contributed by atoms with Crippen molar-refractivity contribution in [1.29, 1.82) is 0 Å². The fraction of sp³-hybridized carbons (Fsp3) is 0.667. The number of primary amides is 1. The van der Waals surface area contributed by atoms with Crippen molar-refractivity contribution in [3.63, 3.8) is 0 Å². The minimum atomic E-state index is -0.543. The molecule has 0 unspecified atom stereocenters. The highest BCUT2D eigenvalue weighted by molar-refractivity contribution is 5.99. The number of rotatable bonds is 8. The zero-order valence-electron chi connectivity index (χ0n) is 21.5. The van der Waals surface area contributed by atoms with Crippen molar-refractivity contribution in [3.8, 4) is 0 Å². The number of ketones is 1. The van der Waals surface area contributed by atoms with Crippen molar-refractivity contribution in [1.82, 2.24) is 9.80 Å². The standard InChI is InChI=1S/C27H40N4O4/c1-5-8-29-9-11-30(12-10-29)19-6-7-20(26(28)33)21(14-19)22(13-17(2)3)27(34)31-15-18(4)25-24(31)23(32)16-35-25/h6-7,14,17-18,22,24-25H,5,8-13,15-16H2,1-4H3,(H2,28,33)/t18-,22+,24-,25-/m1/s1. The molecule has 3 heterocycles. The predicted octanol–water partition coefficient (Wildman–Crippen LogP) is 2.26. The van der Waals surface area contributed by atoms with E-state index in [-0.39, 0.29) is 36.2 Å². The van der Waals surface area contributed by atoms with E-state index in [1.165, 1.54) is 0 Å². The molecule has 35 heavy (non-hydrogen) atoms. The van der Waals surface area contributed by atoms with Crippen molar-refractivity contribution in [2.45, 2.75) is 58.6 Å². The smallest absolute Gasteiger partial charge is 0.249 e. The Morgan fingerprint density at radius 2 is 1.89 bits per heavy atom. The van der Waals surface area contributed by atoms with E-state index in [1.54, 1.807) is 11.0 Å². The first kappa shape index (κ1) is 25.6. The van der Waals surface area contributed by atoms with E-state index in [4.69, 9.17) is 10.5 Å². The van der Waals surface area contributed by atoms with Crippen molar-refractivity contribution >= 4 is 23.3 Å². The van der Waals surface area contributed by atoms with E-state index in [1.807, 2.05) is 19.1 Å². The van der Waals surface area contributed by atoms with Gasteiger partial charge in [-0.15, -0.1) is 0 Å². The van der Waals surface area contributed by atoms with Gasteiger partial charge in [0.1, 0.15) is 12.6 Å². The number of piperazine rings is 1. The van der Waals surface area contributed by atoms with E-state index in [0.717, 1.165) is 44.8 Å². The summed E-state index contributed by atoms with van der Waals surface area (Å²) in [5, 5.41) is 0. The second-order valence-corrected chi connectivity index (χ2v) is 10.8. The number of nitrogens with zero attached hydrogens (tertiary/aromatic N) is 3. The molecule has 3 fully saturated rings. The van der Waals surface area contributed by atoms with Gasteiger partial charge in [0, 0.05) is 49.9 Å². The molecule has 8 nitrogen and oxygen atoms in total. The molecule has 192 valence electrons. The van der Waals surface area contributed by atoms with Crippen molar-refractivity contribution < 1.29 is 19.1 Å². The third kappa shape index (κ3) is 5.23. The lowest BCUT2D eigenvalue weighted by Gasteiger charge is -2.36. The Morgan fingerprint density at radius 1 is 1.17 bits per heavy atom. The predicted molar refractivity (Wildman–Crippen MR) is 136 cm³/mol. The molecule has 0 radical (unpaired) electrons. The maximum Gasteiger partial charge on any atom is 0.249 e. The maximum absolute atomic E-state index is 14.0. The zero-order chi connectivity index (χ0) is 25.3. The first-order valence-electron chi connectivity index (χ1n) is 13.1. The van der Waals surface area contributed by atoms with E-state index >= 15 is 0 Å². The van der Waals surface area contributed by atoms with Gasteiger partial charge in [-0.25, -0.2) is 0 Å². The summed E-state index contributed by atoms with van der Waals surface area (Å²) in [6.45, 7) is 13.8. The lowest BCUT2D eigenvalue weighted by molar-refractivity contribution is -0.138. The van der Waals surface area contributed by atoms with Gasteiger partial charge in [0.05, 0.1) is 12.0 Å².